The molecule has 3 aromatic rings. The molecule has 36 heavy (non-hydrogen) atoms. The summed E-state index contributed by atoms with van der Waals surface area (Å²) in [5, 5.41) is 3.03. The van der Waals surface area contributed by atoms with Crippen LogP contribution in [0.5, 0.6) is 11.5 Å². The molecule has 0 bridgehead atoms. The molecule has 1 atom stereocenters. The van der Waals surface area contributed by atoms with Gasteiger partial charge in [-0.15, -0.1) is 0 Å². The van der Waals surface area contributed by atoms with Crippen LogP contribution >= 0.6 is 0 Å². The van der Waals surface area contributed by atoms with Gasteiger partial charge in [0.15, 0.2) is 11.5 Å². The van der Waals surface area contributed by atoms with Crippen molar-refractivity contribution < 1.29 is 19.1 Å². The van der Waals surface area contributed by atoms with Gasteiger partial charge in [0, 0.05) is 30.9 Å². The number of carbonyl (C=O) groups excluding carboxylic acids is 2. The van der Waals surface area contributed by atoms with Crippen LogP contribution in [0.1, 0.15) is 35.6 Å². The second kappa shape index (κ2) is 10.4. The molecule has 186 valence electrons. The van der Waals surface area contributed by atoms with Gasteiger partial charge in [0.1, 0.15) is 0 Å². The molecule has 7 heteroatoms. The van der Waals surface area contributed by atoms with Crippen LogP contribution in [-0.4, -0.2) is 50.6 Å². The Bertz CT molecular complexity index is 1240. The van der Waals surface area contributed by atoms with E-state index in [9.17, 15) is 9.59 Å². The van der Waals surface area contributed by atoms with Crippen molar-refractivity contribution in [1.82, 2.24) is 4.90 Å². The fourth-order valence-electron chi connectivity index (χ4n) is 5.22. The number of amides is 2. The maximum Gasteiger partial charge on any atom is 0.238 e. The van der Waals surface area contributed by atoms with Crippen LogP contribution in [0.3, 0.4) is 0 Å². The molecular weight excluding hydrogens is 454 g/mol. The van der Waals surface area contributed by atoms with E-state index in [-0.39, 0.29) is 24.4 Å². The van der Waals surface area contributed by atoms with Gasteiger partial charge in [-0.2, -0.15) is 0 Å². The SMILES string of the molecule is COc1cc2c(cc1OC)C(c1ccccc1)N(CC(=O)Nc1ccc(N3CCCC3=O)cc1)CC2. The number of fused-ring (bicyclic) bond motifs is 1. The predicted octanol–water partition coefficient (Wildman–Crippen LogP) is 4.42. The molecule has 3 aromatic carbocycles. The van der Waals surface area contributed by atoms with Crippen LogP contribution in [0.15, 0.2) is 66.7 Å². The van der Waals surface area contributed by atoms with Crippen molar-refractivity contribution in [1.29, 1.82) is 0 Å². The lowest BCUT2D eigenvalue weighted by molar-refractivity contribution is -0.118. The number of benzene rings is 3. The standard InChI is InChI=1S/C29H31N3O4/c1-35-25-17-21-14-16-31(29(20-7-4-3-5-8-20)24(21)18-26(25)36-2)19-27(33)30-22-10-12-23(13-11-22)32-15-6-9-28(32)34/h3-5,7-8,10-13,17-18,29H,6,9,14-16,19H2,1-2H3,(H,30,33). The average Bonchev–Trinajstić information content (AvgIpc) is 3.34. The minimum atomic E-state index is -0.0796. The molecule has 0 spiro atoms. The Kier molecular flexibility index (Phi) is 6.91. The summed E-state index contributed by atoms with van der Waals surface area (Å²) in [6.07, 6.45) is 2.29. The van der Waals surface area contributed by atoms with E-state index >= 15 is 0 Å². The third-order valence-electron chi connectivity index (χ3n) is 6.97. The number of nitrogens with one attached hydrogen (secondary N) is 1. The Morgan fingerprint density at radius 1 is 0.944 bits per heavy atom. The highest BCUT2D eigenvalue weighted by molar-refractivity contribution is 5.96. The lowest BCUT2D eigenvalue weighted by atomic mass is 9.87. The number of ether oxygens (including phenoxy) is 2. The Hall–Kier alpha value is -3.84. The lowest BCUT2D eigenvalue weighted by Gasteiger charge is -2.37. The van der Waals surface area contributed by atoms with Gasteiger partial charge in [-0.25, -0.2) is 0 Å². The highest BCUT2D eigenvalue weighted by atomic mass is 16.5. The summed E-state index contributed by atoms with van der Waals surface area (Å²) >= 11 is 0. The van der Waals surface area contributed by atoms with Crippen molar-refractivity contribution >= 4 is 23.2 Å². The van der Waals surface area contributed by atoms with Gasteiger partial charge in [0.05, 0.1) is 26.8 Å². The molecule has 0 radical (unpaired) electrons. The molecule has 0 saturated carbocycles. The summed E-state index contributed by atoms with van der Waals surface area (Å²) in [6.45, 7) is 1.74. The molecule has 1 fully saturated rings. The minimum absolute atomic E-state index is 0.0788. The third kappa shape index (κ3) is 4.79. The number of hydrogen-bond acceptors (Lipinski definition) is 5. The molecule has 0 aliphatic carbocycles. The Labute approximate surface area is 211 Å². The molecule has 2 heterocycles. The summed E-state index contributed by atoms with van der Waals surface area (Å²) in [6, 6.07) is 21.7. The predicted molar refractivity (Wildman–Crippen MR) is 140 cm³/mol. The number of nitrogens with zero attached hydrogens (tertiary/aromatic N) is 2. The second-order valence-electron chi connectivity index (χ2n) is 9.18. The van der Waals surface area contributed by atoms with Crippen LogP contribution in [0.4, 0.5) is 11.4 Å². The molecule has 2 aliphatic heterocycles. The maximum atomic E-state index is 13.1. The zero-order valence-corrected chi connectivity index (χ0v) is 20.7. The van der Waals surface area contributed by atoms with Gasteiger partial charge >= 0.3 is 0 Å². The Balaban J connectivity index is 1.36. The van der Waals surface area contributed by atoms with Crippen LogP contribution < -0.4 is 19.7 Å². The van der Waals surface area contributed by atoms with E-state index in [0.717, 1.165) is 48.4 Å². The van der Waals surface area contributed by atoms with E-state index in [0.29, 0.717) is 17.9 Å². The maximum absolute atomic E-state index is 13.1. The van der Waals surface area contributed by atoms with Crippen molar-refractivity contribution in [3.05, 3.63) is 83.4 Å². The van der Waals surface area contributed by atoms with E-state index in [1.165, 1.54) is 5.56 Å². The van der Waals surface area contributed by atoms with Crippen LogP contribution in [0.2, 0.25) is 0 Å². The van der Waals surface area contributed by atoms with E-state index < -0.39 is 0 Å². The van der Waals surface area contributed by atoms with Crippen LogP contribution in [0, 0.1) is 0 Å². The van der Waals surface area contributed by atoms with Gasteiger partial charge in [-0.3, -0.25) is 14.5 Å². The highest BCUT2D eigenvalue weighted by Gasteiger charge is 2.31. The molecule has 2 amide bonds. The molecule has 0 aromatic heterocycles. The summed E-state index contributed by atoms with van der Waals surface area (Å²) in [4.78, 5) is 29.1. The summed E-state index contributed by atoms with van der Waals surface area (Å²) < 4.78 is 11.1. The topological polar surface area (TPSA) is 71.1 Å². The molecule has 1 saturated heterocycles. The smallest absolute Gasteiger partial charge is 0.238 e. The van der Waals surface area contributed by atoms with Gasteiger partial charge in [-0.05, 0) is 65.9 Å². The first kappa shape index (κ1) is 23.9. The molecule has 1 N–H and O–H groups in total. The molecular formula is C29H31N3O4. The lowest BCUT2D eigenvalue weighted by Crippen LogP contribution is -2.41. The van der Waals surface area contributed by atoms with Gasteiger partial charge < -0.3 is 19.7 Å². The largest absolute Gasteiger partial charge is 0.493 e. The van der Waals surface area contributed by atoms with Gasteiger partial charge in [-0.1, -0.05) is 30.3 Å². The Morgan fingerprint density at radius 3 is 2.33 bits per heavy atom. The zero-order chi connectivity index (χ0) is 25.1. The van der Waals surface area contributed by atoms with Crippen molar-refractivity contribution in [3.63, 3.8) is 0 Å². The second-order valence-corrected chi connectivity index (χ2v) is 9.18. The van der Waals surface area contributed by atoms with Crippen molar-refractivity contribution in [2.24, 2.45) is 0 Å². The van der Waals surface area contributed by atoms with E-state index in [1.54, 1.807) is 19.1 Å². The summed E-state index contributed by atoms with van der Waals surface area (Å²) in [5.41, 5.74) is 5.04. The van der Waals surface area contributed by atoms with Gasteiger partial charge in [0.25, 0.3) is 0 Å². The van der Waals surface area contributed by atoms with Crippen LogP contribution in [0.25, 0.3) is 0 Å². The highest BCUT2D eigenvalue weighted by Crippen LogP contribution is 2.40. The van der Waals surface area contributed by atoms with Crippen molar-refractivity contribution in [2.75, 3.05) is 44.1 Å². The average molecular weight is 486 g/mol. The van der Waals surface area contributed by atoms with Crippen molar-refractivity contribution in [2.45, 2.75) is 25.3 Å². The molecule has 7 nitrogen and oxygen atoms in total. The number of methoxy groups -OCH3 is 2. The quantitative estimate of drug-likeness (QED) is 0.537. The molecule has 2 aliphatic rings. The number of anilines is 2. The number of hydrogen-bond donors (Lipinski definition) is 1. The first-order valence-electron chi connectivity index (χ1n) is 12.3. The minimum Gasteiger partial charge on any atom is -0.493 e. The fourth-order valence-corrected chi connectivity index (χ4v) is 5.22. The van der Waals surface area contributed by atoms with E-state index in [1.807, 2.05) is 54.6 Å². The first-order valence-corrected chi connectivity index (χ1v) is 12.3. The molecule has 1 unspecified atom stereocenters. The monoisotopic (exact) mass is 485 g/mol. The number of rotatable bonds is 7. The molecule has 5 rings (SSSR count). The van der Waals surface area contributed by atoms with E-state index in [2.05, 4.69) is 22.3 Å². The fraction of sp³-hybridized carbons (Fsp3) is 0.310. The first-order chi connectivity index (χ1) is 17.6. The van der Waals surface area contributed by atoms with Crippen molar-refractivity contribution in [3.8, 4) is 11.5 Å². The number of carbonyl (C=O) groups is 2. The Morgan fingerprint density at radius 2 is 1.67 bits per heavy atom. The normalized spacial score (nSPS) is 17.6. The summed E-state index contributed by atoms with van der Waals surface area (Å²) in [7, 11) is 3.29. The summed E-state index contributed by atoms with van der Waals surface area (Å²) in [5.74, 6) is 1.47. The van der Waals surface area contributed by atoms with Crippen LogP contribution in [-0.2, 0) is 16.0 Å². The van der Waals surface area contributed by atoms with Gasteiger partial charge in [0.2, 0.25) is 11.8 Å². The zero-order valence-electron chi connectivity index (χ0n) is 20.7. The van der Waals surface area contributed by atoms with E-state index in [4.69, 9.17) is 9.47 Å². The third-order valence-corrected chi connectivity index (χ3v) is 6.97.